The Morgan fingerprint density at radius 2 is 1.78 bits per heavy atom. The Labute approximate surface area is 215 Å². The molecule has 32 heavy (non-hydrogen) atoms. The lowest BCUT2D eigenvalue weighted by molar-refractivity contribution is 0.0499. The summed E-state index contributed by atoms with van der Waals surface area (Å²) >= 11 is 26.7. The molecule has 172 valence electrons. The van der Waals surface area contributed by atoms with Gasteiger partial charge in [0.1, 0.15) is 6.17 Å². The SMILES string of the molecule is CCCCOC(=O)c1ccc(NC(=S)N[C@H](NC(=O)c2cccc(Br)c2)C(Cl)(Cl)Cl)cc1. The van der Waals surface area contributed by atoms with Crippen molar-refractivity contribution in [2.75, 3.05) is 11.9 Å². The van der Waals surface area contributed by atoms with Crippen molar-refractivity contribution in [1.82, 2.24) is 10.6 Å². The zero-order chi connectivity index (χ0) is 23.7. The van der Waals surface area contributed by atoms with Gasteiger partial charge in [-0.1, -0.05) is 70.1 Å². The van der Waals surface area contributed by atoms with Crippen LogP contribution < -0.4 is 16.0 Å². The van der Waals surface area contributed by atoms with E-state index in [9.17, 15) is 9.59 Å². The third kappa shape index (κ3) is 8.75. The second-order valence-electron chi connectivity index (χ2n) is 6.62. The number of alkyl halides is 3. The van der Waals surface area contributed by atoms with E-state index in [4.69, 9.17) is 51.8 Å². The van der Waals surface area contributed by atoms with E-state index in [1.54, 1.807) is 48.5 Å². The van der Waals surface area contributed by atoms with Crippen molar-refractivity contribution >= 4 is 85.6 Å². The average Bonchev–Trinajstić information content (AvgIpc) is 2.73. The van der Waals surface area contributed by atoms with E-state index in [-0.39, 0.29) is 5.11 Å². The van der Waals surface area contributed by atoms with Gasteiger partial charge in [0.2, 0.25) is 3.79 Å². The molecule has 2 aromatic rings. The molecule has 0 saturated heterocycles. The molecule has 0 bridgehead atoms. The van der Waals surface area contributed by atoms with E-state index >= 15 is 0 Å². The summed E-state index contributed by atoms with van der Waals surface area (Å²) in [6, 6.07) is 13.3. The molecule has 0 aromatic heterocycles. The molecule has 0 unspecified atom stereocenters. The second-order valence-corrected chi connectivity index (χ2v) is 10.3. The predicted octanol–water partition coefficient (Wildman–Crippen LogP) is 5.82. The lowest BCUT2D eigenvalue weighted by atomic mass is 10.2. The maximum Gasteiger partial charge on any atom is 0.338 e. The summed E-state index contributed by atoms with van der Waals surface area (Å²) in [5.41, 5.74) is 1.39. The molecule has 1 amide bonds. The summed E-state index contributed by atoms with van der Waals surface area (Å²) in [4.78, 5) is 24.5. The van der Waals surface area contributed by atoms with E-state index in [0.29, 0.717) is 23.4 Å². The number of amides is 1. The van der Waals surface area contributed by atoms with Gasteiger partial charge >= 0.3 is 5.97 Å². The molecular formula is C21H21BrCl3N3O3S. The lowest BCUT2D eigenvalue weighted by Crippen LogP contribution is -2.56. The second kappa shape index (κ2) is 12.6. The van der Waals surface area contributed by atoms with Gasteiger partial charge in [0.05, 0.1) is 12.2 Å². The number of ether oxygens (including phenoxy) is 1. The highest BCUT2D eigenvalue weighted by atomic mass is 79.9. The fourth-order valence-corrected chi connectivity index (χ4v) is 3.39. The summed E-state index contributed by atoms with van der Waals surface area (Å²) in [5, 5.41) is 8.42. The van der Waals surface area contributed by atoms with Crippen molar-refractivity contribution in [2.45, 2.75) is 29.7 Å². The Morgan fingerprint density at radius 3 is 2.38 bits per heavy atom. The van der Waals surface area contributed by atoms with Crippen LogP contribution in [0.3, 0.4) is 0 Å². The number of carbonyl (C=O) groups excluding carboxylic acids is 2. The third-order valence-corrected chi connectivity index (χ3v) is 5.44. The van der Waals surface area contributed by atoms with Crippen molar-refractivity contribution < 1.29 is 14.3 Å². The molecule has 2 rings (SSSR count). The number of halogens is 4. The first-order valence-electron chi connectivity index (χ1n) is 9.58. The minimum atomic E-state index is -1.89. The molecule has 0 saturated carbocycles. The van der Waals surface area contributed by atoms with E-state index < -0.39 is 21.8 Å². The molecule has 0 aliphatic rings. The maximum atomic E-state index is 12.5. The molecule has 0 fully saturated rings. The first-order chi connectivity index (χ1) is 15.1. The van der Waals surface area contributed by atoms with Gasteiger partial charge in [-0.05, 0) is 61.1 Å². The number of benzene rings is 2. The van der Waals surface area contributed by atoms with E-state index in [2.05, 4.69) is 31.9 Å². The lowest BCUT2D eigenvalue weighted by Gasteiger charge is -2.27. The highest BCUT2D eigenvalue weighted by molar-refractivity contribution is 9.10. The number of nitrogens with one attached hydrogen (secondary N) is 3. The number of rotatable bonds is 8. The van der Waals surface area contributed by atoms with Crippen LogP contribution in [0.25, 0.3) is 0 Å². The van der Waals surface area contributed by atoms with Gasteiger partial charge in [0.15, 0.2) is 5.11 Å². The zero-order valence-electron chi connectivity index (χ0n) is 17.0. The van der Waals surface area contributed by atoms with Gasteiger partial charge in [-0.15, -0.1) is 0 Å². The molecule has 0 spiro atoms. The van der Waals surface area contributed by atoms with Gasteiger partial charge in [-0.3, -0.25) is 4.79 Å². The highest BCUT2D eigenvalue weighted by Gasteiger charge is 2.35. The van der Waals surface area contributed by atoms with Crippen LogP contribution in [0.1, 0.15) is 40.5 Å². The first kappa shape index (κ1) is 26.7. The third-order valence-electron chi connectivity index (χ3n) is 4.07. The number of esters is 1. The van der Waals surface area contributed by atoms with Gasteiger partial charge in [-0.25, -0.2) is 4.79 Å². The number of thiocarbonyl (C=S) groups is 1. The summed E-state index contributed by atoms with van der Waals surface area (Å²) in [6.45, 7) is 2.40. The number of hydrogen-bond donors (Lipinski definition) is 3. The van der Waals surface area contributed by atoms with Crippen LogP contribution in [0.15, 0.2) is 53.0 Å². The van der Waals surface area contributed by atoms with Crippen molar-refractivity contribution in [3.05, 3.63) is 64.1 Å². The summed E-state index contributed by atoms with van der Waals surface area (Å²) in [6.07, 6.45) is 0.638. The molecule has 2 aromatic carbocycles. The van der Waals surface area contributed by atoms with Crippen molar-refractivity contribution in [1.29, 1.82) is 0 Å². The molecule has 3 N–H and O–H groups in total. The fraction of sp³-hybridized carbons (Fsp3) is 0.286. The van der Waals surface area contributed by atoms with Crippen molar-refractivity contribution in [3.63, 3.8) is 0 Å². The Kier molecular flexibility index (Phi) is 10.5. The van der Waals surface area contributed by atoms with Crippen LogP contribution in [0.4, 0.5) is 5.69 Å². The van der Waals surface area contributed by atoms with Crippen molar-refractivity contribution in [2.24, 2.45) is 0 Å². The summed E-state index contributed by atoms with van der Waals surface area (Å²) in [7, 11) is 0. The zero-order valence-corrected chi connectivity index (χ0v) is 21.6. The summed E-state index contributed by atoms with van der Waals surface area (Å²) in [5.74, 6) is -0.846. The molecule has 0 aliphatic carbocycles. The quantitative estimate of drug-likeness (QED) is 0.120. The standard InChI is InChI=1S/C21H21BrCl3N3O3S/c1-2-3-11-31-18(30)13-7-9-16(10-8-13)26-20(32)28-19(21(23,24)25)27-17(29)14-5-4-6-15(22)12-14/h4-10,12,19H,2-3,11H2,1H3,(H,27,29)(H2,26,28,32)/t19-/m0/s1. The van der Waals surface area contributed by atoms with E-state index in [1.165, 1.54) is 0 Å². The van der Waals surface area contributed by atoms with Crippen molar-refractivity contribution in [3.8, 4) is 0 Å². The fourth-order valence-electron chi connectivity index (χ4n) is 2.42. The normalized spacial score (nSPS) is 11.9. The smallest absolute Gasteiger partial charge is 0.338 e. The highest BCUT2D eigenvalue weighted by Crippen LogP contribution is 2.29. The predicted molar refractivity (Wildman–Crippen MR) is 137 cm³/mol. The topological polar surface area (TPSA) is 79.5 Å². The van der Waals surface area contributed by atoms with Crippen LogP contribution in [-0.2, 0) is 4.74 Å². The molecule has 1 atom stereocenters. The van der Waals surface area contributed by atoms with Crippen LogP contribution in [-0.4, -0.2) is 33.6 Å². The Hall–Kier alpha value is -1.58. The molecule has 6 nitrogen and oxygen atoms in total. The molecule has 0 heterocycles. The Morgan fingerprint density at radius 1 is 1.09 bits per heavy atom. The molecule has 0 aliphatic heterocycles. The number of unbranched alkanes of at least 4 members (excludes halogenated alkanes) is 1. The minimum absolute atomic E-state index is 0.106. The largest absolute Gasteiger partial charge is 0.462 e. The summed E-state index contributed by atoms with van der Waals surface area (Å²) < 4.78 is 4.02. The Balaban J connectivity index is 1.98. The number of anilines is 1. The van der Waals surface area contributed by atoms with Crippen LogP contribution in [0.2, 0.25) is 0 Å². The number of carbonyl (C=O) groups is 2. The minimum Gasteiger partial charge on any atom is -0.462 e. The monoisotopic (exact) mass is 579 g/mol. The molecule has 11 heteroatoms. The van der Waals surface area contributed by atoms with Crippen LogP contribution in [0, 0.1) is 0 Å². The first-order valence-corrected chi connectivity index (χ1v) is 11.9. The number of hydrogen-bond acceptors (Lipinski definition) is 4. The average molecular weight is 582 g/mol. The van der Waals surface area contributed by atoms with E-state index in [1.807, 2.05) is 6.92 Å². The van der Waals surface area contributed by atoms with Gasteiger partial charge in [0.25, 0.3) is 5.91 Å². The molecule has 0 radical (unpaired) electrons. The van der Waals surface area contributed by atoms with Crippen LogP contribution in [0.5, 0.6) is 0 Å². The van der Waals surface area contributed by atoms with Gasteiger partial charge in [-0.2, -0.15) is 0 Å². The van der Waals surface area contributed by atoms with Crippen LogP contribution >= 0.6 is 63.0 Å². The van der Waals surface area contributed by atoms with Gasteiger partial charge in [0, 0.05) is 15.7 Å². The van der Waals surface area contributed by atoms with Gasteiger partial charge < -0.3 is 20.7 Å². The van der Waals surface area contributed by atoms with E-state index in [0.717, 1.165) is 17.3 Å². The molecular weight excluding hydrogens is 561 g/mol. The Bertz CT molecular complexity index is 955. The maximum absolute atomic E-state index is 12.5.